The van der Waals surface area contributed by atoms with E-state index in [1.54, 1.807) is 0 Å². The van der Waals surface area contributed by atoms with Crippen molar-refractivity contribution in [3.05, 3.63) is 47.6 Å². The lowest BCUT2D eigenvalue weighted by Crippen LogP contribution is -2.46. The van der Waals surface area contributed by atoms with Crippen LogP contribution >= 0.6 is 0 Å². The number of hydrogen-bond acceptors (Lipinski definition) is 5. The zero-order valence-corrected chi connectivity index (χ0v) is 13.4. The molecule has 1 aromatic heterocycles. The van der Waals surface area contributed by atoms with E-state index in [0.29, 0.717) is 0 Å². The van der Waals surface area contributed by atoms with Gasteiger partial charge < -0.3 is 4.52 Å². The first-order chi connectivity index (χ1) is 10.8. The minimum atomic E-state index is 0.201. The SMILES string of the molecule is CCc1noc(C(C)N2CCN(Cc3ccccc3)CC2)n1. The topological polar surface area (TPSA) is 45.4 Å². The maximum Gasteiger partial charge on any atom is 0.243 e. The Morgan fingerprint density at radius 1 is 1.14 bits per heavy atom. The lowest BCUT2D eigenvalue weighted by Gasteiger charge is -2.36. The molecule has 0 bridgehead atoms. The van der Waals surface area contributed by atoms with Crippen LogP contribution in [0.3, 0.4) is 0 Å². The molecule has 2 heterocycles. The number of nitrogens with zero attached hydrogens (tertiary/aromatic N) is 4. The number of piperazine rings is 1. The highest BCUT2D eigenvalue weighted by Gasteiger charge is 2.25. The molecule has 1 atom stereocenters. The second kappa shape index (κ2) is 7.03. The third kappa shape index (κ3) is 3.54. The monoisotopic (exact) mass is 300 g/mol. The van der Waals surface area contributed by atoms with E-state index in [1.807, 2.05) is 6.92 Å². The summed E-state index contributed by atoms with van der Waals surface area (Å²) in [6, 6.07) is 10.9. The molecule has 1 unspecified atom stereocenters. The van der Waals surface area contributed by atoms with Gasteiger partial charge in [-0.15, -0.1) is 0 Å². The molecular weight excluding hydrogens is 276 g/mol. The summed E-state index contributed by atoms with van der Waals surface area (Å²) in [4.78, 5) is 9.39. The standard InChI is InChI=1S/C17H24N4O/c1-3-16-18-17(22-19-16)14(2)21-11-9-20(10-12-21)13-15-7-5-4-6-8-15/h4-8,14H,3,9-13H2,1-2H3. The Bertz CT molecular complexity index is 575. The summed E-state index contributed by atoms with van der Waals surface area (Å²) in [6.45, 7) is 9.46. The van der Waals surface area contributed by atoms with Crippen molar-refractivity contribution in [3.63, 3.8) is 0 Å². The molecule has 0 aliphatic carbocycles. The fourth-order valence-corrected chi connectivity index (χ4v) is 2.89. The van der Waals surface area contributed by atoms with Crippen LogP contribution in [0.25, 0.3) is 0 Å². The van der Waals surface area contributed by atoms with Crippen LogP contribution < -0.4 is 0 Å². The molecule has 0 radical (unpaired) electrons. The first kappa shape index (κ1) is 15.2. The molecule has 5 nitrogen and oxygen atoms in total. The van der Waals surface area contributed by atoms with E-state index in [4.69, 9.17) is 4.52 Å². The molecule has 1 aliphatic heterocycles. The second-order valence-corrected chi connectivity index (χ2v) is 5.88. The molecular formula is C17H24N4O. The predicted octanol–water partition coefficient (Wildman–Crippen LogP) is 2.51. The fourth-order valence-electron chi connectivity index (χ4n) is 2.89. The highest BCUT2D eigenvalue weighted by molar-refractivity contribution is 5.14. The van der Waals surface area contributed by atoms with Gasteiger partial charge >= 0.3 is 0 Å². The quantitative estimate of drug-likeness (QED) is 0.849. The van der Waals surface area contributed by atoms with Crippen LogP contribution in [-0.4, -0.2) is 46.1 Å². The lowest BCUT2D eigenvalue weighted by molar-refractivity contribution is 0.0845. The van der Waals surface area contributed by atoms with Gasteiger partial charge in [0.05, 0.1) is 6.04 Å². The average molecular weight is 300 g/mol. The smallest absolute Gasteiger partial charge is 0.243 e. The Balaban J connectivity index is 1.52. The van der Waals surface area contributed by atoms with Crippen molar-refractivity contribution in [2.45, 2.75) is 32.9 Å². The summed E-state index contributed by atoms with van der Waals surface area (Å²) >= 11 is 0. The van der Waals surface area contributed by atoms with Gasteiger partial charge in [-0.25, -0.2) is 0 Å². The second-order valence-electron chi connectivity index (χ2n) is 5.88. The van der Waals surface area contributed by atoms with Gasteiger partial charge in [0.15, 0.2) is 5.82 Å². The minimum Gasteiger partial charge on any atom is -0.338 e. The molecule has 1 saturated heterocycles. The third-order valence-electron chi connectivity index (χ3n) is 4.36. The Morgan fingerprint density at radius 2 is 1.86 bits per heavy atom. The summed E-state index contributed by atoms with van der Waals surface area (Å²) in [5.41, 5.74) is 1.38. The molecule has 1 aliphatic rings. The van der Waals surface area contributed by atoms with Crippen LogP contribution in [0.5, 0.6) is 0 Å². The van der Waals surface area contributed by atoms with Crippen LogP contribution in [0.4, 0.5) is 0 Å². The molecule has 1 fully saturated rings. The molecule has 2 aromatic rings. The Kier molecular flexibility index (Phi) is 4.85. The highest BCUT2D eigenvalue weighted by atomic mass is 16.5. The minimum absolute atomic E-state index is 0.201. The van der Waals surface area contributed by atoms with E-state index in [9.17, 15) is 0 Å². The number of rotatable bonds is 5. The average Bonchev–Trinajstić information content (AvgIpc) is 3.05. The number of aryl methyl sites for hydroxylation is 1. The van der Waals surface area contributed by atoms with Crippen molar-refractivity contribution >= 4 is 0 Å². The van der Waals surface area contributed by atoms with Crippen LogP contribution in [0.1, 0.15) is 37.2 Å². The Morgan fingerprint density at radius 3 is 2.50 bits per heavy atom. The molecule has 0 spiro atoms. The zero-order chi connectivity index (χ0) is 15.4. The highest BCUT2D eigenvalue weighted by Crippen LogP contribution is 2.20. The van der Waals surface area contributed by atoms with Crippen molar-refractivity contribution in [1.82, 2.24) is 19.9 Å². The number of benzene rings is 1. The van der Waals surface area contributed by atoms with E-state index in [1.165, 1.54) is 5.56 Å². The van der Waals surface area contributed by atoms with Crippen molar-refractivity contribution in [1.29, 1.82) is 0 Å². The molecule has 0 saturated carbocycles. The van der Waals surface area contributed by atoms with Crippen molar-refractivity contribution in [2.75, 3.05) is 26.2 Å². The van der Waals surface area contributed by atoms with Crippen molar-refractivity contribution in [2.24, 2.45) is 0 Å². The fraction of sp³-hybridized carbons (Fsp3) is 0.529. The van der Waals surface area contributed by atoms with E-state index < -0.39 is 0 Å². The van der Waals surface area contributed by atoms with Crippen LogP contribution in [-0.2, 0) is 13.0 Å². The Hall–Kier alpha value is -1.72. The van der Waals surface area contributed by atoms with E-state index >= 15 is 0 Å². The lowest BCUT2D eigenvalue weighted by atomic mass is 10.2. The largest absolute Gasteiger partial charge is 0.338 e. The molecule has 118 valence electrons. The van der Waals surface area contributed by atoms with Gasteiger partial charge in [-0.1, -0.05) is 42.4 Å². The Labute approximate surface area is 131 Å². The van der Waals surface area contributed by atoms with Gasteiger partial charge in [-0.2, -0.15) is 4.98 Å². The third-order valence-corrected chi connectivity index (χ3v) is 4.36. The normalized spacial score (nSPS) is 18.5. The first-order valence-electron chi connectivity index (χ1n) is 8.09. The molecule has 3 rings (SSSR count). The zero-order valence-electron chi connectivity index (χ0n) is 13.4. The van der Waals surface area contributed by atoms with E-state index in [0.717, 1.165) is 50.9 Å². The van der Waals surface area contributed by atoms with Gasteiger partial charge in [0, 0.05) is 39.1 Å². The number of hydrogen-bond donors (Lipinski definition) is 0. The van der Waals surface area contributed by atoms with Crippen LogP contribution in [0, 0.1) is 0 Å². The molecule has 5 heteroatoms. The molecule has 22 heavy (non-hydrogen) atoms. The number of aromatic nitrogens is 2. The first-order valence-corrected chi connectivity index (χ1v) is 8.09. The van der Waals surface area contributed by atoms with Crippen molar-refractivity contribution in [3.8, 4) is 0 Å². The maximum atomic E-state index is 5.38. The summed E-state index contributed by atoms with van der Waals surface area (Å²) in [5.74, 6) is 1.54. The van der Waals surface area contributed by atoms with Crippen LogP contribution in [0.2, 0.25) is 0 Å². The van der Waals surface area contributed by atoms with Crippen LogP contribution in [0.15, 0.2) is 34.9 Å². The molecule has 1 aromatic carbocycles. The van der Waals surface area contributed by atoms with E-state index in [-0.39, 0.29) is 6.04 Å². The van der Waals surface area contributed by atoms with Gasteiger partial charge in [0.25, 0.3) is 0 Å². The molecule has 0 N–H and O–H groups in total. The van der Waals surface area contributed by atoms with Crippen molar-refractivity contribution < 1.29 is 4.52 Å². The van der Waals surface area contributed by atoms with Gasteiger partial charge in [0.1, 0.15) is 0 Å². The summed E-state index contributed by atoms with van der Waals surface area (Å²) in [5, 5.41) is 4.00. The van der Waals surface area contributed by atoms with Gasteiger partial charge in [-0.05, 0) is 12.5 Å². The summed E-state index contributed by atoms with van der Waals surface area (Å²) in [6.07, 6.45) is 0.821. The van der Waals surface area contributed by atoms with Gasteiger partial charge in [-0.3, -0.25) is 9.80 Å². The summed E-state index contributed by atoms with van der Waals surface area (Å²) in [7, 11) is 0. The van der Waals surface area contributed by atoms with E-state index in [2.05, 4.69) is 57.2 Å². The maximum absolute atomic E-state index is 5.38. The predicted molar refractivity (Wildman–Crippen MR) is 85.4 cm³/mol. The van der Waals surface area contributed by atoms with Gasteiger partial charge in [0.2, 0.25) is 5.89 Å². The summed E-state index contributed by atoms with van der Waals surface area (Å²) < 4.78 is 5.38. The molecule has 0 amide bonds.